The van der Waals surface area contributed by atoms with Crippen molar-refractivity contribution in [1.29, 1.82) is 0 Å². The predicted molar refractivity (Wildman–Crippen MR) is 123 cm³/mol. The van der Waals surface area contributed by atoms with Crippen molar-refractivity contribution in [2.45, 2.75) is 40.9 Å². The number of hydrogen-bond acceptors (Lipinski definition) is 11. The Bertz CT molecular complexity index is 1390. The van der Waals surface area contributed by atoms with Crippen molar-refractivity contribution < 1.29 is 32.7 Å². The van der Waals surface area contributed by atoms with Crippen LogP contribution in [0.3, 0.4) is 0 Å². The van der Waals surface area contributed by atoms with Crippen molar-refractivity contribution in [3.05, 3.63) is 64.0 Å². The highest BCUT2D eigenvalue weighted by atomic mass is 16.5. The summed E-state index contributed by atoms with van der Waals surface area (Å²) in [4.78, 5) is 33.5. The molecule has 0 amide bonds. The van der Waals surface area contributed by atoms with Gasteiger partial charge in [-0.05, 0) is 39.8 Å². The van der Waals surface area contributed by atoms with E-state index in [0.29, 0.717) is 23.0 Å². The number of carbonyl (C=O) groups excluding carboxylic acids is 2. The number of aromatic nitrogens is 3. The third kappa shape index (κ3) is 4.79. The molecule has 3 aromatic heterocycles. The van der Waals surface area contributed by atoms with Gasteiger partial charge in [0.1, 0.15) is 40.8 Å². The summed E-state index contributed by atoms with van der Waals surface area (Å²) < 4.78 is 27.0. The highest BCUT2D eigenvalue weighted by Gasteiger charge is 2.24. The molecule has 0 aliphatic heterocycles. The van der Waals surface area contributed by atoms with Crippen LogP contribution in [0.15, 0.2) is 33.2 Å². The number of hydrogen-bond donors (Lipinski definition) is 1. The van der Waals surface area contributed by atoms with Gasteiger partial charge in [-0.1, -0.05) is 17.3 Å². The van der Waals surface area contributed by atoms with Gasteiger partial charge >= 0.3 is 11.9 Å². The number of ether oxygens (including phenoxy) is 3. The first-order valence-corrected chi connectivity index (χ1v) is 10.8. The van der Waals surface area contributed by atoms with Crippen LogP contribution < -0.4 is 10.5 Å². The van der Waals surface area contributed by atoms with Crippen LogP contribution in [0.1, 0.15) is 56.2 Å². The number of aryl methyl sites for hydroxylation is 3. The number of para-hydroxylation sites is 1. The van der Waals surface area contributed by atoms with Crippen molar-refractivity contribution >= 4 is 28.9 Å². The molecule has 0 aliphatic carbocycles. The van der Waals surface area contributed by atoms with E-state index >= 15 is 0 Å². The van der Waals surface area contributed by atoms with Crippen molar-refractivity contribution in [3.8, 4) is 5.75 Å². The zero-order valence-corrected chi connectivity index (χ0v) is 19.7. The van der Waals surface area contributed by atoms with E-state index in [1.165, 1.54) is 0 Å². The molecule has 0 aliphatic rings. The molecule has 4 rings (SSSR count). The molecule has 0 saturated heterocycles. The molecule has 0 atom stereocenters. The second kappa shape index (κ2) is 9.84. The number of benzene rings is 1. The zero-order chi connectivity index (χ0) is 25.1. The summed E-state index contributed by atoms with van der Waals surface area (Å²) in [6.45, 7) is 7.01. The Kier molecular flexibility index (Phi) is 6.67. The summed E-state index contributed by atoms with van der Waals surface area (Å²) in [6, 6.07) is 6.70. The molecule has 4 aromatic rings. The van der Waals surface area contributed by atoms with E-state index in [-0.39, 0.29) is 53.7 Å². The lowest BCUT2D eigenvalue weighted by Gasteiger charge is -2.11. The van der Waals surface area contributed by atoms with Gasteiger partial charge < -0.3 is 28.9 Å². The van der Waals surface area contributed by atoms with Gasteiger partial charge in [0.2, 0.25) is 5.71 Å². The Morgan fingerprint density at radius 1 is 1.00 bits per heavy atom. The Hall–Kier alpha value is -4.41. The fraction of sp³-hybridized carbons (Fsp3) is 0.292. The summed E-state index contributed by atoms with van der Waals surface area (Å²) in [5.41, 5.74) is 8.09. The Balaban J connectivity index is 1.50. The van der Waals surface area contributed by atoms with E-state index in [4.69, 9.17) is 28.9 Å². The van der Waals surface area contributed by atoms with Crippen LogP contribution in [-0.4, -0.2) is 33.7 Å². The summed E-state index contributed by atoms with van der Waals surface area (Å²) >= 11 is 0. The van der Waals surface area contributed by atoms with Gasteiger partial charge in [-0.15, -0.1) is 0 Å². The third-order valence-corrected chi connectivity index (χ3v) is 5.27. The number of carbonyl (C=O) groups is 2. The molecule has 35 heavy (non-hydrogen) atoms. The van der Waals surface area contributed by atoms with Crippen LogP contribution in [0.2, 0.25) is 0 Å². The average molecular weight is 480 g/mol. The second-order valence-corrected chi connectivity index (χ2v) is 7.62. The molecule has 0 radical (unpaired) electrons. The lowest BCUT2D eigenvalue weighted by molar-refractivity contribution is 0.0456. The van der Waals surface area contributed by atoms with E-state index in [9.17, 15) is 9.59 Å². The van der Waals surface area contributed by atoms with Crippen molar-refractivity contribution in [1.82, 2.24) is 15.1 Å². The second-order valence-electron chi connectivity index (χ2n) is 7.62. The zero-order valence-electron chi connectivity index (χ0n) is 19.7. The van der Waals surface area contributed by atoms with E-state index in [1.54, 1.807) is 45.0 Å². The van der Waals surface area contributed by atoms with Crippen molar-refractivity contribution in [2.24, 2.45) is 0 Å². The molecule has 11 nitrogen and oxygen atoms in total. The van der Waals surface area contributed by atoms with E-state index < -0.39 is 11.9 Å². The largest absolute Gasteiger partial charge is 0.488 e. The minimum absolute atomic E-state index is 0.0177. The first-order valence-electron chi connectivity index (χ1n) is 10.8. The number of nitrogens with two attached hydrogens (primary N) is 1. The van der Waals surface area contributed by atoms with Gasteiger partial charge in [0.25, 0.3) is 0 Å². The Labute approximate surface area is 200 Å². The van der Waals surface area contributed by atoms with E-state index in [0.717, 1.165) is 5.56 Å². The molecule has 2 N–H and O–H groups in total. The van der Waals surface area contributed by atoms with Gasteiger partial charge in [-0.25, -0.2) is 14.6 Å². The Morgan fingerprint density at radius 3 is 2.49 bits per heavy atom. The summed E-state index contributed by atoms with van der Waals surface area (Å²) in [6.07, 6.45) is 0. The number of esters is 2. The topological polar surface area (TPSA) is 153 Å². The van der Waals surface area contributed by atoms with Gasteiger partial charge in [0.05, 0.1) is 23.3 Å². The minimum atomic E-state index is -0.635. The predicted octanol–water partition coefficient (Wildman–Crippen LogP) is 3.83. The molecular weight excluding hydrogens is 456 g/mol. The molecule has 0 saturated carbocycles. The molecule has 0 bridgehead atoms. The van der Waals surface area contributed by atoms with Crippen LogP contribution >= 0.6 is 0 Å². The molecule has 3 heterocycles. The summed E-state index contributed by atoms with van der Waals surface area (Å²) in [5, 5.41) is 4.16. The maximum absolute atomic E-state index is 12.8. The maximum Gasteiger partial charge on any atom is 0.342 e. The molecule has 11 heteroatoms. The molecule has 0 spiro atoms. The van der Waals surface area contributed by atoms with E-state index in [2.05, 4.69) is 15.1 Å². The van der Waals surface area contributed by atoms with Gasteiger partial charge in [0.15, 0.2) is 12.4 Å². The molecule has 0 unspecified atom stereocenters. The lowest BCUT2D eigenvalue weighted by atomic mass is 10.2. The third-order valence-electron chi connectivity index (χ3n) is 5.27. The van der Waals surface area contributed by atoms with Crippen LogP contribution in [0, 0.1) is 20.8 Å². The van der Waals surface area contributed by atoms with Crippen molar-refractivity contribution in [2.75, 3.05) is 12.3 Å². The first-order chi connectivity index (χ1) is 16.8. The first kappa shape index (κ1) is 23.7. The number of rotatable bonds is 8. The van der Waals surface area contributed by atoms with E-state index in [1.807, 2.05) is 6.92 Å². The summed E-state index contributed by atoms with van der Waals surface area (Å²) in [5.74, 6) is 0.209. The average Bonchev–Trinajstić information content (AvgIpc) is 3.34. The van der Waals surface area contributed by atoms with Crippen LogP contribution in [0.4, 0.5) is 5.82 Å². The molecular formula is C24H24N4O7. The van der Waals surface area contributed by atoms with Gasteiger partial charge in [0, 0.05) is 0 Å². The molecule has 1 aromatic carbocycles. The lowest BCUT2D eigenvalue weighted by Crippen LogP contribution is -2.11. The Morgan fingerprint density at radius 2 is 1.77 bits per heavy atom. The monoisotopic (exact) mass is 480 g/mol. The number of anilines is 1. The molecule has 182 valence electrons. The maximum atomic E-state index is 12.8. The number of furan rings is 1. The SMILES string of the molecule is CCOC(=O)c1c(C)oc2nc(COC(=O)c3ccccc3OCc3c(C)noc3C)nc(N)c12. The highest BCUT2D eigenvalue weighted by Crippen LogP contribution is 2.29. The van der Waals surface area contributed by atoms with Gasteiger partial charge in [-0.3, -0.25) is 0 Å². The fourth-order valence-corrected chi connectivity index (χ4v) is 3.52. The standard InChI is InChI=1S/C24H24N4O7/c1-5-31-24(30)19-14(4)34-22-20(19)21(25)26-18(27-22)11-33-23(29)15-8-6-7-9-17(15)32-10-16-12(2)28-35-13(16)3/h6-9H,5,10-11H2,1-4H3,(H2,25,26,27). The van der Waals surface area contributed by atoms with Crippen LogP contribution in [0.5, 0.6) is 5.75 Å². The fourth-order valence-electron chi connectivity index (χ4n) is 3.52. The smallest absolute Gasteiger partial charge is 0.342 e. The van der Waals surface area contributed by atoms with Crippen LogP contribution in [-0.2, 0) is 22.7 Å². The highest BCUT2D eigenvalue weighted by molar-refractivity contribution is 6.07. The normalized spacial score (nSPS) is 11.0. The minimum Gasteiger partial charge on any atom is -0.488 e. The molecule has 0 fully saturated rings. The number of nitrogen functional groups attached to an aromatic ring is 1. The number of fused-ring (bicyclic) bond motifs is 1. The van der Waals surface area contributed by atoms with Crippen molar-refractivity contribution in [3.63, 3.8) is 0 Å². The quantitative estimate of drug-likeness (QED) is 0.366. The number of nitrogens with zero attached hydrogens (tertiary/aromatic N) is 3. The van der Waals surface area contributed by atoms with Crippen LogP contribution in [0.25, 0.3) is 11.1 Å². The summed E-state index contributed by atoms with van der Waals surface area (Å²) in [7, 11) is 0. The van der Waals surface area contributed by atoms with Gasteiger partial charge in [-0.2, -0.15) is 4.98 Å².